The first-order valence-corrected chi connectivity index (χ1v) is 18.5. The molecule has 2 aromatic rings. The number of carbonyl (C=O) groups is 7. The minimum atomic E-state index is -1.47. The lowest BCUT2D eigenvalue weighted by atomic mass is 10.0. The lowest BCUT2D eigenvalue weighted by Gasteiger charge is -2.29. The number of aliphatic carboxylic acids is 1. The molecule has 0 saturated carbocycles. The van der Waals surface area contributed by atoms with Crippen LogP contribution in [0.25, 0.3) is 0 Å². The van der Waals surface area contributed by atoms with Gasteiger partial charge in [-0.15, -0.1) is 0 Å². The van der Waals surface area contributed by atoms with E-state index in [1.165, 1.54) is 4.90 Å². The maximum Gasteiger partial charge on any atom is 0.326 e. The number of likely N-dealkylation sites (tertiary alicyclic amines) is 2. The van der Waals surface area contributed by atoms with Crippen molar-refractivity contribution in [2.75, 3.05) is 32.8 Å². The van der Waals surface area contributed by atoms with Crippen molar-refractivity contribution in [1.82, 2.24) is 36.4 Å². The van der Waals surface area contributed by atoms with Crippen LogP contribution < -0.4 is 26.6 Å². The molecule has 7 N–H and O–H groups in total. The summed E-state index contributed by atoms with van der Waals surface area (Å²) in [6.45, 7) is 0.0607. The number of rotatable bonds is 16. The molecule has 2 aromatic carbocycles. The number of hydrogen-bond donors (Lipinski definition) is 7. The first-order valence-electron chi connectivity index (χ1n) is 18.5. The summed E-state index contributed by atoms with van der Waals surface area (Å²) in [5, 5.41) is 33.4. The van der Waals surface area contributed by atoms with Gasteiger partial charge in [0, 0.05) is 25.9 Å². The number of aliphatic hydroxyl groups is 1. The first kappa shape index (κ1) is 39.8. The predicted molar refractivity (Wildman–Crippen MR) is 194 cm³/mol. The molecule has 290 valence electrons. The molecule has 3 saturated heterocycles. The van der Waals surface area contributed by atoms with Crippen LogP contribution in [0.2, 0.25) is 0 Å². The van der Waals surface area contributed by atoms with Crippen LogP contribution in [0.5, 0.6) is 0 Å². The Kier molecular flexibility index (Phi) is 14.1. The summed E-state index contributed by atoms with van der Waals surface area (Å²) in [4.78, 5) is 94.7. The maximum absolute atomic E-state index is 13.7. The van der Waals surface area contributed by atoms with E-state index in [2.05, 4.69) is 26.6 Å². The van der Waals surface area contributed by atoms with Crippen LogP contribution in [-0.4, -0.2) is 130 Å². The number of carbonyl (C=O) groups excluding carboxylic acids is 6. The summed E-state index contributed by atoms with van der Waals surface area (Å²) >= 11 is 0. The Morgan fingerprint density at radius 2 is 1.30 bits per heavy atom. The van der Waals surface area contributed by atoms with Crippen molar-refractivity contribution in [3.63, 3.8) is 0 Å². The van der Waals surface area contributed by atoms with Gasteiger partial charge in [0.2, 0.25) is 35.4 Å². The van der Waals surface area contributed by atoms with E-state index in [0.717, 1.165) is 13.0 Å². The summed E-state index contributed by atoms with van der Waals surface area (Å²) < 4.78 is 0. The lowest BCUT2D eigenvalue weighted by Crippen LogP contribution is -2.59. The summed E-state index contributed by atoms with van der Waals surface area (Å²) in [6, 6.07) is 11.6. The van der Waals surface area contributed by atoms with Gasteiger partial charge in [0.1, 0.15) is 30.2 Å². The van der Waals surface area contributed by atoms with Crippen LogP contribution in [0, 0.1) is 0 Å². The molecule has 16 heteroatoms. The molecule has 0 radical (unpaired) electrons. The van der Waals surface area contributed by atoms with E-state index in [4.69, 9.17) is 0 Å². The molecule has 0 aliphatic carbocycles. The number of aliphatic hydroxyl groups excluding tert-OH is 1. The van der Waals surface area contributed by atoms with Gasteiger partial charge < -0.3 is 46.6 Å². The summed E-state index contributed by atoms with van der Waals surface area (Å²) in [5.41, 5.74) is 1.39. The second-order valence-corrected chi connectivity index (χ2v) is 13.9. The van der Waals surface area contributed by atoms with Crippen molar-refractivity contribution < 1.29 is 43.8 Å². The Balaban J connectivity index is 1.20. The third-order valence-corrected chi connectivity index (χ3v) is 10.1. The van der Waals surface area contributed by atoms with Crippen LogP contribution in [0.15, 0.2) is 60.7 Å². The van der Waals surface area contributed by atoms with Crippen molar-refractivity contribution in [1.29, 1.82) is 0 Å². The van der Waals surface area contributed by atoms with E-state index < -0.39 is 78.9 Å². The standard InChI is InChI=1S/C38H49N7O9/c46-23-29(37(52)45-19-9-16-31(45)35(50)42-28(38(53)54)21-25-12-5-2-6-13-25)43-33(48)27(20-24-10-3-1-4-11-24)41-32(47)22-40-34(49)30-15-8-18-44(30)36(51)26-14-7-17-39-26/h1-6,10-13,26-31,39,46H,7-9,14-23H2,(H,40,49)(H,41,47)(H,42,50)(H,43,48)(H,53,54)/t26-,27-,28-,29-,30-,31-/m0/s1. The molecule has 0 unspecified atom stereocenters. The topological polar surface area (TPSA) is 227 Å². The van der Waals surface area contributed by atoms with E-state index >= 15 is 0 Å². The van der Waals surface area contributed by atoms with Crippen LogP contribution >= 0.6 is 0 Å². The van der Waals surface area contributed by atoms with Crippen molar-refractivity contribution >= 4 is 41.4 Å². The zero-order valence-corrected chi connectivity index (χ0v) is 30.1. The third-order valence-electron chi connectivity index (χ3n) is 10.1. The summed E-state index contributed by atoms with van der Waals surface area (Å²) in [6.07, 6.45) is 3.46. The molecule has 6 amide bonds. The molecule has 3 heterocycles. The minimum Gasteiger partial charge on any atom is -0.480 e. The molecule has 3 aliphatic heterocycles. The fraction of sp³-hybridized carbons (Fsp3) is 0.500. The molecule has 0 spiro atoms. The molecule has 16 nitrogen and oxygen atoms in total. The highest BCUT2D eigenvalue weighted by molar-refractivity contribution is 5.96. The fourth-order valence-electron chi connectivity index (χ4n) is 7.27. The van der Waals surface area contributed by atoms with E-state index in [9.17, 15) is 43.8 Å². The quantitative estimate of drug-likeness (QED) is 0.109. The fourth-order valence-corrected chi connectivity index (χ4v) is 7.27. The molecular formula is C38H49N7O9. The Hall–Kier alpha value is -5.35. The number of amides is 6. The number of carboxylic acid groups (broad SMARTS) is 1. The molecule has 3 fully saturated rings. The number of hydrogen-bond acceptors (Lipinski definition) is 9. The van der Waals surface area contributed by atoms with Crippen LogP contribution in [-0.2, 0) is 46.4 Å². The Bertz CT molecular complexity index is 1650. The smallest absolute Gasteiger partial charge is 0.326 e. The highest BCUT2D eigenvalue weighted by Crippen LogP contribution is 2.21. The number of nitrogens with zero attached hydrogens (tertiary/aromatic N) is 2. The normalized spacial score (nSPS) is 21.1. The third kappa shape index (κ3) is 10.4. The van der Waals surface area contributed by atoms with Crippen LogP contribution in [0.1, 0.15) is 49.7 Å². The molecule has 54 heavy (non-hydrogen) atoms. The monoisotopic (exact) mass is 747 g/mol. The van der Waals surface area contributed by atoms with Gasteiger partial charge in [0.05, 0.1) is 19.2 Å². The SMILES string of the molecule is O=C(CNC(=O)[C@@H]1CCCN1C(=O)[C@@H]1CCCN1)N[C@@H](Cc1ccccc1)C(=O)N[C@@H](CO)C(=O)N1CCC[C@H]1C(=O)N[C@@H](Cc1ccccc1)C(=O)O. The molecule has 6 atom stereocenters. The van der Waals surface area contributed by atoms with E-state index in [1.807, 2.05) is 0 Å². The Labute approximate surface area is 313 Å². The van der Waals surface area contributed by atoms with E-state index in [1.54, 1.807) is 65.6 Å². The number of carboxylic acids is 1. The van der Waals surface area contributed by atoms with Gasteiger partial charge in [-0.2, -0.15) is 0 Å². The number of nitrogens with one attached hydrogen (secondary N) is 5. The number of benzene rings is 2. The molecule has 0 aromatic heterocycles. The van der Waals surface area contributed by atoms with Gasteiger partial charge in [0.15, 0.2) is 0 Å². The summed E-state index contributed by atoms with van der Waals surface area (Å²) in [7, 11) is 0. The zero-order valence-electron chi connectivity index (χ0n) is 30.1. The van der Waals surface area contributed by atoms with Crippen LogP contribution in [0.4, 0.5) is 0 Å². The average Bonchev–Trinajstić information content (AvgIpc) is 3.99. The Morgan fingerprint density at radius 1 is 0.704 bits per heavy atom. The van der Waals surface area contributed by atoms with Crippen molar-refractivity contribution in [2.45, 2.75) is 87.6 Å². The Morgan fingerprint density at radius 3 is 1.87 bits per heavy atom. The average molecular weight is 748 g/mol. The van der Waals surface area contributed by atoms with Crippen molar-refractivity contribution in [3.8, 4) is 0 Å². The lowest BCUT2D eigenvalue weighted by molar-refractivity contribution is -0.145. The van der Waals surface area contributed by atoms with Gasteiger partial charge >= 0.3 is 5.97 Å². The molecule has 3 aliphatic rings. The second kappa shape index (κ2) is 19.1. The highest BCUT2D eigenvalue weighted by Gasteiger charge is 2.40. The van der Waals surface area contributed by atoms with Gasteiger partial charge in [-0.25, -0.2) is 4.79 Å². The van der Waals surface area contributed by atoms with E-state index in [-0.39, 0.29) is 37.8 Å². The maximum atomic E-state index is 13.7. The van der Waals surface area contributed by atoms with Gasteiger partial charge in [-0.1, -0.05) is 60.7 Å². The van der Waals surface area contributed by atoms with Gasteiger partial charge in [-0.3, -0.25) is 28.8 Å². The minimum absolute atomic E-state index is 0.0186. The molecule has 0 bridgehead atoms. The van der Waals surface area contributed by atoms with E-state index in [0.29, 0.717) is 43.4 Å². The van der Waals surface area contributed by atoms with Crippen molar-refractivity contribution in [2.24, 2.45) is 0 Å². The van der Waals surface area contributed by atoms with Crippen LogP contribution in [0.3, 0.4) is 0 Å². The van der Waals surface area contributed by atoms with Gasteiger partial charge in [-0.05, 0) is 56.2 Å². The highest BCUT2D eigenvalue weighted by atomic mass is 16.4. The second-order valence-electron chi connectivity index (χ2n) is 13.9. The first-order chi connectivity index (χ1) is 26.0. The largest absolute Gasteiger partial charge is 0.480 e. The zero-order chi connectivity index (χ0) is 38.6. The van der Waals surface area contributed by atoms with Gasteiger partial charge in [0.25, 0.3) is 0 Å². The predicted octanol–water partition coefficient (Wildman–Crippen LogP) is -1.15. The summed E-state index contributed by atoms with van der Waals surface area (Å²) in [5.74, 6) is -4.70. The molecular weight excluding hydrogens is 698 g/mol. The molecule has 5 rings (SSSR count). The van der Waals surface area contributed by atoms with Crippen molar-refractivity contribution in [3.05, 3.63) is 71.8 Å².